The Hall–Kier alpha value is -3.45. The topological polar surface area (TPSA) is 78.4 Å². The van der Waals surface area contributed by atoms with Gasteiger partial charge in [0.1, 0.15) is 11.0 Å². The number of hydrogen-bond acceptors (Lipinski definition) is 7. The van der Waals surface area contributed by atoms with Gasteiger partial charge in [0.25, 0.3) is 0 Å². The van der Waals surface area contributed by atoms with E-state index in [0.717, 1.165) is 5.56 Å². The number of oxazole rings is 2. The number of esters is 1. The third-order valence-corrected chi connectivity index (χ3v) is 4.93. The van der Waals surface area contributed by atoms with Gasteiger partial charge in [0.05, 0.1) is 18.2 Å². The van der Waals surface area contributed by atoms with Crippen LogP contribution in [-0.2, 0) is 4.74 Å². The van der Waals surface area contributed by atoms with Gasteiger partial charge in [0.15, 0.2) is 11.2 Å². The first-order chi connectivity index (χ1) is 13.2. The molecule has 27 heavy (non-hydrogen) atoms. The van der Waals surface area contributed by atoms with E-state index in [1.807, 2.05) is 35.0 Å². The van der Waals surface area contributed by atoms with Crippen LogP contribution in [-0.4, -0.2) is 23.0 Å². The van der Waals surface area contributed by atoms with E-state index in [1.54, 1.807) is 29.5 Å². The van der Waals surface area contributed by atoms with Crippen LogP contribution in [0.2, 0.25) is 0 Å². The van der Waals surface area contributed by atoms with Gasteiger partial charge in [-0.1, -0.05) is 12.1 Å². The fourth-order valence-corrected chi connectivity index (χ4v) is 3.60. The van der Waals surface area contributed by atoms with Crippen LogP contribution in [0, 0.1) is 0 Å². The van der Waals surface area contributed by atoms with E-state index in [1.165, 1.54) is 7.11 Å². The number of nitrogens with zero attached hydrogens (tertiary/aromatic N) is 2. The normalized spacial score (nSPS) is 11.3. The summed E-state index contributed by atoms with van der Waals surface area (Å²) in [4.78, 5) is 21.1. The molecule has 132 valence electrons. The van der Waals surface area contributed by atoms with E-state index < -0.39 is 5.97 Å². The number of carbonyl (C=O) groups is 1. The lowest BCUT2D eigenvalue weighted by Crippen LogP contribution is -2.01. The van der Waals surface area contributed by atoms with E-state index in [0.29, 0.717) is 45.1 Å². The van der Waals surface area contributed by atoms with E-state index >= 15 is 0 Å². The Bertz CT molecular complexity index is 1280. The molecule has 3 aromatic heterocycles. The summed E-state index contributed by atoms with van der Waals surface area (Å²) in [6, 6.07) is 12.7. The van der Waals surface area contributed by atoms with Gasteiger partial charge in [-0.15, -0.1) is 0 Å². The molecule has 0 amide bonds. The minimum atomic E-state index is -0.458. The van der Waals surface area contributed by atoms with Gasteiger partial charge in [-0.05, 0) is 35.7 Å². The summed E-state index contributed by atoms with van der Waals surface area (Å²) in [5.41, 5.74) is 4.24. The lowest BCUT2D eigenvalue weighted by atomic mass is 10.2. The van der Waals surface area contributed by atoms with E-state index in [-0.39, 0.29) is 0 Å². The summed E-state index contributed by atoms with van der Waals surface area (Å²) < 4.78 is 16.6. The van der Waals surface area contributed by atoms with Crippen molar-refractivity contribution in [1.29, 1.82) is 0 Å². The van der Waals surface area contributed by atoms with Crippen molar-refractivity contribution >= 4 is 39.5 Å². The SMILES string of the molecule is COC(=O)c1cccc2oc(-c3cccc4oc(-c5ccsc5)nc34)nc12. The van der Waals surface area contributed by atoms with Crippen molar-refractivity contribution in [2.75, 3.05) is 7.11 Å². The fraction of sp³-hybridized carbons (Fsp3) is 0.0500. The highest BCUT2D eigenvalue weighted by Gasteiger charge is 2.20. The molecule has 3 heterocycles. The number of fused-ring (bicyclic) bond motifs is 2. The molecule has 0 aliphatic heterocycles. The first-order valence-corrected chi connectivity index (χ1v) is 9.09. The number of benzene rings is 2. The smallest absolute Gasteiger partial charge is 0.340 e. The third kappa shape index (κ3) is 2.51. The van der Waals surface area contributed by atoms with Gasteiger partial charge < -0.3 is 13.6 Å². The molecule has 0 radical (unpaired) electrons. The van der Waals surface area contributed by atoms with Crippen molar-refractivity contribution in [3.8, 4) is 22.9 Å². The third-order valence-electron chi connectivity index (χ3n) is 4.24. The summed E-state index contributed by atoms with van der Waals surface area (Å²) >= 11 is 1.58. The van der Waals surface area contributed by atoms with Crippen LogP contribution in [0.25, 0.3) is 45.1 Å². The Balaban J connectivity index is 1.70. The molecule has 0 bridgehead atoms. The van der Waals surface area contributed by atoms with Crippen molar-refractivity contribution in [3.63, 3.8) is 0 Å². The quantitative estimate of drug-likeness (QED) is 0.405. The number of para-hydroxylation sites is 2. The molecule has 0 aliphatic rings. The lowest BCUT2D eigenvalue weighted by molar-refractivity contribution is 0.0602. The maximum Gasteiger partial charge on any atom is 0.340 e. The highest BCUT2D eigenvalue weighted by Crippen LogP contribution is 2.34. The number of hydrogen-bond donors (Lipinski definition) is 0. The predicted molar refractivity (Wildman–Crippen MR) is 102 cm³/mol. The molecule has 6 nitrogen and oxygen atoms in total. The average molecular weight is 376 g/mol. The van der Waals surface area contributed by atoms with Gasteiger partial charge in [0, 0.05) is 10.9 Å². The van der Waals surface area contributed by atoms with Crippen molar-refractivity contribution in [2.24, 2.45) is 0 Å². The van der Waals surface area contributed by atoms with Crippen LogP contribution >= 0.6 is 11.3 Å². The molecule has 5 rings (SSSR count). The number of methoxy groups -OCH3 is 1. The Morgan fingerprint density at radius 1 is 0.963 bits per heavy atom. The molecule has 7 heteroatoms. The predicted octanol–water partition coefficient (Wildman–Crippen LogP) is 5.15. The van der Waals surface area contributed by atoms with Gasteiger partial charge in [-0.25, -0.2) is 14.8 Å². The molecule has 0 aliphatic carbocycles. The fourth-order valence-electron chi connectivity index (χ4n) is 2.97. The number of ether oxygens (including phenoxy) is 1. The first kappa shape index (κ1) is 15.8. The molecule has 0 N–H and O–H groups in total. The van der Waals surface area contributed by atoms with E-state index in [9.17, 15) is 4.79 Å². The van der Waals surface area contributed by atoms with Crippen molar-refractivity contribution in [1.82, 2.24) is 9.97 Å². The molecular formula is C20H12N2O4S. The van der Waals surface area contributed by atoms with Gasteiger partial charge >= 0.3 is 5.97 Å². The Labute approximate surface area is 157 Å². The van der Waals surface area contributed by atoms with Crippen LogP contribution in [0.3, 0.4) is 0 Å². The van der Waals surface area contributed by atoms with E-state index in [2.05, 4.69) is 9.97 Å². The summed E-state index contributed by atoms with van der Waals surface area (Å²) in [6.45, 7) is 0. The maximum absolute atomic E-state index is 12.0. The molecule has 0 spiro atoms. The number of carbonyl (C=O) groups excluding carboxylic acids is 1. The highest BCUT2D eigenvalue weighted by molar-refractivity contribution is 7.08. The van der Waals surface area contributed by atoms with Crippen LogP contribution in [0.1, 0.15) is 10.4 Å². The molecule has 0 fully saturated rings. The van der Waals surface area contributed by atoms with Crippen molar-refractivity contribution in [3.05, 3.63) is 58.8 Å². The zero-order valence-electron chi connectivity index (χ0n) is 14.1. The molecule has 0 atom stereocenters. The van der Waals surface area contributed by atoms with Crippen LogP contribution < -0.4 is 0 Å². The largest absolute Gasteiger partial charge is 0.465 e. The molecular weight excluding hydrogens is 364 g/mol. The molecule has 0 saturated carbocycles. The Morgan fingerprint density at radius 2 is 1.70 bits per heavy atom. The lowest BCUT2D eigenvalue weighted by Gasteiger charge is -1.97. The minimum Gasteiger partial charge on any atom is -0.465 e. The van der Waals surface area contributed by atoms with Gasteiger partial charge in [-0.2, -0.15) is 11.3 Å². The second-order valence-corrected chi connectivity index (χ2v) is 6.63. The summed E-state index contributed by atoms with van der Waals surface area (Å²) in [5, 5.41) is 3.95. The van der Waals surface area contributed by atoms with Gasteiger partial charge in [0.2, 0.25) is 11.8 Å². The zero-order valence-corrected chi connectivity index (χ0v) is 14.9. The first-order valence-electron chi connectivity index (χ1n) is 8.15. The summed E-state index contributed by atoms with van der Waals surface area (Å²) in [5.74, 6) is 0.460. The second-order valence-electron chi connectivity index (χ2n) is 5.85. The van der Waals surface area contributed by atoms with Crippen LogP contribution in [0.4, 0.5) is 0 Å². The maximum atomic E-state index is 12.0. The van der Waals surface area contributed by atoms with Crippen molar-refractivity contribution in [2.45, 2.75) is 0 Å². The molecule has 0 saturated heterocycles. The summed E-state index contributed by atoms with van der Waals surface area (Å²) in [6.07, 6.45) is 0. The van der Waals surface area contributed by atoms with Gasteiger partial charge in [-0.3, -0.25) is 0 Å². The molecule has 0 unspecified atom stereocenters. The van der Waals surface area contributed by atoms with Crippen LogP contribution in [0.5, 0.6) is 0 Å². The zero-order chi connectivity index (χ0) is 18.4. The Kier molecular flexibility index (Phi) is 3.54. The Morgan fingerprint density at radius 3 is 2.48 bits per heavy atom. The van der Waals surface area contributed by atoms with Crippen molar-refractivity contribution < 1.29 is 18.4 Å². The monoisotopic (exact) mass is 376 g/mol. The van der Waals surface area contributed by atoms with Crippen LogP contribution in [0.15, 0.2) is 62.1 Å². The minimum absolute atomic E-state index is 0.358. The highest BCUT2D eigenvalue weighted by atomic mass is 32.1. The number of rotatable bonds is 3. The average Bonchev–Trinajstić information content (AvgIpc) is 3.44. The van der Waals surface area contributed by atoms with E-state index in [4.69, 9.17) is 13.6 Å². The molecule has 5 aromatic rings. The standard InChI is InChI=1S/C20H12N2O4S/c1-24-20(23)13-5-3-7-15-17(13)22-19(26-15)12-4-2-6-14-16(12)21-18(25-14)11-8-9-27-10-11/h2-10H,1H3. The second kappa shape index (κ2) is 6.07. The number of aromatic nitrogens is 2. The number of thiophene rings is 1. The molecule has 2 aromatic carbocycles. The summed E-state index contributed by atoms with van der Waals surface area (Å²) in [7, 11) is 1.34.